The highest BCUT2D eigenvalue weighted by Crippen LogP contribution is 2.50. The molecule has 2 aliphatic rings. The molecular weight excluding hydrogens is 402 g/mol. The minimum Gasteiger partial charge on any atom is -0.366 e. The number of fused-ring (bicyclic) bond motifs is 1. The number of nitrogens with zero attached hydrogens (tertiary/aromatic N) is 1. The first kappa shape index (κ1) is 22.1. The summed E-state index contributed by atoms with van der Waals surface area (Å²) >= 11 is 0. The Kier molecular flexibility index (Phi) is 6.04. The molecule has 2 atom stereocenters. The van der Waals surface area contributed by atoms with Crippen LogP contribution in [0.15, 0.2) is 48.5 Å². The van der Waals surface area contributed by atoms with Gasteiger partial charge in [-0.2, -0.15) is 0 Å². The van der Waals surface area contributed by atoms with E-state index in [1.807, 2.05) is 29.2 Å². The molecule has 32 heavy (non-hydrogen) atoms. The first-order chi connectivity index (χ1) is 15.4. The number of amides is 3. The van der Waals surface area contributed by atoms with Crippen LogP contribution in [0.1, 0.15) is 84.6 Å². The zero-order valence-electron chi connectivity index (χ0n) is 18.8. The quantitative estimate of drug-likeness (QED) is 0.729. The van der Waals surface area contributed by atoms with Gasteiger partial charge >= 0.3 is 0 Å². The molecule has 6 heteroatoms. The standard InChI is InChI=1S/C26H31N3O3/c1-3-17(2)29-25(32)21-10-6-5-9-20(21)22(26(29)15-7-4-8-16-26)24(31)28-19-13-11-18(12-14-19)23(27)30/h5-6,9-14,17,22H,3-4,7-8,15-16H2,1-2H3,(H2,27,30)(H,28,31). The van der Waals surface area contributed by atoms with Crippen LogP contribution in [0.2, 0.25) is 0 Å². The van der Waals surface area contributed by atoms with E-state index in [1.165, 1.54) is 0 Å². The predicted octanol–water partition coefficient (Wildman–Crippen LogP) is 4.47. The van der Waals surface area contributed by atoms with Gasteiger partial charge in [-0.25, -0.2) is 0 Å². The number of carbonyl (C=O) groups is 3. The minimum atomic E-state index is -0.531. The Hall–Kier alpha value is -3.15. The SMILES string of the molecule is CCC(C)N1C(=O)c2ccccc2C(C(=O)Nc2ccc(C(N)=O)cc2)C12CCCCC2. The maximum atomic E-state index is 13.8. The highest BCUT2D eigenvalue weighted by molar-refractivity contribution is 6.05. The van der Waals surface area contributed by atoms with E-state index in [9.17, 15) is 14.4 Å². The topological polar surface area (TPSA) is 92.5 Å². The van der Waals surface area contributed by atoms with Crippen molar-refractivity contribution in [1.82, 2.24) is 4.90 Å². The summed E-state index contributed by atoms with van der Waals surface area (Å²) in [6.07, 6.45) is 5.58. The van der Waals surface area contributed by atoms with E-state index < -0.39 is 17.4 Å². The van der Waals surface area contributed by atoms with Gasteiger partial charge in [0.05, 0.1) is 11.5 Å². The highest BCUT2D eigenvalue weighted by atomic mass is 16.2. The molecular formula is C26H31N3O3. The molecule has 168 valence electrons. The van der Waals surface area contributed by atoms with Crippen molar-refractivity contribution in [2.24, 2.45) is 5.73 Å². The maximum Gasteiger partial charge on any atom is 0.254 e. The lowest BCUT2D eigenvalue weighted by Crippen LogP contribution is -2.64. The monoisotopic (exact) mass is 433 g/mol. The third-order valence-electron chi connectivity index (χ3n) is 7.19. The summed E-state index contributed by atoms with van der Waals surface area (Å²) in [5.74, 6) is -1.05. The van der Waals surface area contributed by atoms with Gasteiger partial charge in [-0.1, -0.05) is 44.4 Å². The molecule has 4 rings (SSSR count). The van der Waals surface area contributed by atoms with Crippen LogP contribution in [0.25, 0.3) is 0 Å². The van der Waals surface area contributed by atoms with Gasteiger partial charge in [0.2, 0.25) is 11.8 Å². The van der Waals surface area contributed by atoms with E-state index in [0.29, 0.717) is 16.8 Å². The molecule has 0 bridgehead atoms. The van der Waals surface area contributed by atoms with Crippen molar-refractivity contribution in [2.45, 2.75) is 69.9 Å². The zero-order valence-corrected chi connectivity index (χ0v) is 18.8. The second-order valence-corrected chi connectivity index (χ2v) is 9.05. The molecule has 1 aliphatic heterocycles. The lowest BCUT2D eigenvalue weighted by molar-refractivity contribution is -0.122. The smallest absolute Gasteiger partial charge is 0.254 e. The van der Waals surface area contributed by atoms with Crippen molar-refractivity contribution in [3.8, 4) is 0 Å². The van der Waals surface area contributed by atoms with Gasteiger partial charge < -0.3 is 16.0 Å². The first-order valence-corrected chi connectivity index (χ1v) is 11.5. The predicted molar refractivity (Wildman–Crippen MR) is 125 cm³/mol. The van der Waals surface area contributed by atoms with Crippen LogP contribution in [0, 0.1) is 0 Å². The number of hydrogen-bond donors (Lipinski definition) is 2. The molecule has 1 heterocycles. The Bertz CT molecular complexity index is 1020. The van der Waals surface area contributed by atoms with Crippen LogP contribution in [0.3, 0.4) is 0 Å². The van der Waals surface area contributed by atoms with Gasteiger partial charge in [-0.15, -0.1) is 0 Å². The Balaban J connectivity index is 1.79. The van der Waals surface area contributed by atoms with Gasteiger partial charge in [0.1, 0.15) is 0 Å². The molecule has 6 nitrogen and oxygen atoms in total. The highest BCUT2D eigenvalue weighted by Gasteiger charge is 2.55. The van der Waals surface area contributed by atoms with Crippen molar-refractivity contribution in [3.05, 3.63) is 65.2 Å². The number of nitrogens with two attached hydrogens (primary N) is 1. The molecule has 2 aromatic rings. The Morgan fingerprint density at radius 2 is 1.75 bits per heavy atom. The molecule has 1 aliphatic carbocycles. The summed E-state index contributed by atoms with van der Waals surface area (Å²) < 4.78 is 0. The largest absolute Gasteiger partial charge is 0.366 e. The average Bonchev–Trinajstić information content (AvgIpc) is 2.80. The Morgan fingerprint density at radius 1 is 1.09 bits per heavy atom. The summed E-state index contributed by atoms with van der Waals surface area (Å²) in [6, 6.07) is 14.2. The molecule has 0 radical (unpaired) electrons. The second-order valence-electron chi connectivity index (χ2n) is 9.05. The summed E-state index contributed by atoms with van der Waals surface area (Å²) in [6.45, 7) is 4.17. The van der Waals surface area contributed by atoms with Gasteiger partial charge in [0.25, 0.3) is 5.91 Å². The Morgan fingerprint density at radius 3 is 2.38 bits per heavy atom. The summed E-state index contributed by atoms with van der Waals surface area (Å²) in [7, 11) is 0. The molecule has 1 fully saturated rings. The van der Waals surface area contributed by atoms with Crippen molar-refractivity contribution in [3.63, 3.8) is 0 Å². The van der Waals surface area contributed by atoms with E-state index in [4.69, 9.17) is 5.73 Å². The fourth-order valence-electron chi connectivity index (χ4n) is 5.54. The number of primary amides is 1. The van der Waals surface area contributed by atoms with Gasteiger partial charge in [-0.05, 0) is 62.1 Å². The number of carbonyl (C=O) groups excluding carboxylic acids is 3. The lowest BCUT2D eigenvalue weighted by atomic mass is 9.64. The second kappa shape index (κ2) is 8.77. The van der Waals surface area contributed by atoms with Crippen molar-refractivity contribution in [1.29, 1.82) is 0 Å². The lowest BCUT2D eigenvalue weighted by Gasteiger charge is -2.55. The summed E-state index contributed by atoms with van der Waals surface area (Å²) in [5, 5.41) is 3.05. The summed E-state index contributed by atoms with van der Waals surface area (Å²) in [4.78, 5) is 40.9. The number of benzene rings is 2. The van der Waals surface area contributed by atoms with Crippen LogP contribution in [0.5, 0.6) is 0 Å². The first-order valence-electron chi connectivity index (χ1n) is 11.5. The third kappa shape index (κ3) is 3.68. The zero-order chi connectivity index (χ0) is 22.9. The number of anilines is 1. The van der Waals surface area contributed by atoms with Gasteiger partial charge in [0.15, 0.2) is 0 Å². The fraction of sp³-hybridized carbons (Fsp3) is 0.423. The fourth-order valence-corrected chi connectivity index (χ4v) is 5.54. The maximum absolute atomic E-state index is 13.8. The van der Waals surface area contributed by atoms with Gasteiger partial charge in [0, 0.05) is 22.9 Å². The summed E-state index contributed by atoms with van der Waals surface area (Å²) in [5.41, 5.74) is 7.23. The number of hydrogen-bond acceptors (Lipinski definition) is 3. The molecule has 2 aromatic carbocycles. The van der Waals surface area contributed by atoms with Crippen molar-refractivity contribution < 1.29 is 14.4 Å². The van der Waals surface area contributed by atoms with Crippen LogP contribution in [0.4, 0.5) is 5.69 Å². The van der Waals surface area contributed by atoms with E-state index in [0.717, 1.165) is 44.1 Å². The van der Waals surface area contributed by atoms with Crippen molar-refractivity contribution >= 4 is 23.4 Å². The van der Waals surface area contributed by atoms with Crippen LogP contribution < -0.4 is 11.1 Å². The van der Waals surface area contributed by atoms with E-state index in [2.05, 4.69) is 19.2 Å². The Labute approximate surface area is 189 Å². The van der Waals surface area contributed by atoms with Crippen LogP contribution >= 0.6 is 0 Å². The number of rotatable bonds is 5. The average molecular weight is 434 g/mol. The minimum absolute atomic E-state index is 0.0340. The van der Waals surface area contributed by atoms with E-state index in [1.54, 1.807) is 24.3 Å². The molecule has 3 amide bonds. The van der Waals surface area contributed by atoms with E-state index >= 15 is 0 Å². The molecule has 3 N–H and O–H groups in total. The molecule has 1 spiro atoms. The third-order valence-corrected chi connectivity index (χ3v) is 7.19. The number of nitrogens with one attached hydrogen (secondary N) is 1. The van der Waals surface area contributed by atoms with Crippen molar-refractivity contribution in [2.75, 3.05) is 5.32 Å². The molecule has 0 saturated heterocycles. The normalized spacial score (nSPS) is 20.5. The molecule has 0 aromatic heterocycles. The molecule has 2 unspecified atom stereocenters. The van der Waals surface area contributed by atoms with E-state index in [-0.39, 0.29) is 17.9 Å². The van der Waals surface area contributed by atoms with Crippen LogP contribution in [-0.2, 0) is 4.79 Å². The van der Waals surface area contributed by atoms with Gasteiger partial charge in [-0.3, -0.25) is 14.4 Å². The van der Waals surface area contributed by atoms with Crippen LogP contribution in [-0.4, -0.2) is 34.2 Å². The molecule has 1 saturated carbocycles.